The monoisotopic (exact) mass is 254 g/mol. The maximum absolute atomic E-state index is 8.96. The van der Waals surface area contributed by atoms with E-state index < -0.39 is 0 Å². The van der Waals surface area contributed by atoms with Crippen LogP contribution in [0.5, 0.6) is 0 Å². The molecule has 1 heterocycles. The lowest BCUT2D eigenvalue weighted by atomic mass is 9.87. The second kappa shape index (κ2) is 7.46. The van der Waals surface area contributed by atoms with Crippen molar-refractivity contribution < 1.29 is 5.11 Å². The molecule has 1 aliphatic heterocycles. The first-order valence-corrected chi connectivity index (χ1v) is 7.91. The summed E-state index contributed by atoms with van der Waals surface area (Å²) in [6.45, 7) is 5.83. The van der Waals surface area contributed by atoms with Gasteiger partial charge < -0.3 is 10.4 Å². The summed E-state index contributed by atoms with van der Waals surface area (Å²) in [5.41, 5.74) is 0. The molecule has 0 amide bonds. The molecule has 1 saturated heterocycles. The smallest absolute Gasteiger partial charge is 0.0556 e. The average Bonchev–Trinajstić information content (AvgIpc) is 2.45. The summed E-state index contributed by atoms with van der Waals surface area (Å²) in [4.78, 5) is 2.74. The van der Waals surface area contributed by atoms with Gasteiger partial charge in [-0.1, -0.05) is 32.6 Å². The summed E-state index contributed by atoms with van der Waals surface area (Å²) in [5, 5.41) is 12.5. The number of nitrogens with zero attached hydrogens (tertiary/aromatic N) is 1. The van der Waals surface area contributed by atoms with E-state index in [2.05, 4.69) is 17.1 Å². The molecule has 0 aromatic carbocycles. The maximum atomic E-state index is 8.96. The van der Waals surface area contributed by atoms with Crippen molar-refractivity contribution in [1.29, 1.82) is 0 Å². The van der Waals surface area contributed by atoms with E-state index in [1.807, 2.05) is 0 Å². The van der Waals surface area contributed by atoms with Gasteiger partial charge in [0.05, 0.1) is 6.61 Å². The van der Waals surface area contributed by atoms with E-state index in [0.717, 1.165) is 18.5 Å². The van der Waals surface area contributed by atoms with Crippen LogP contribution in [0.15, 0.2) is 0 Å². The van der Waals surface area contributed by atoms with Crippen LogP contribution >= 0.6 is 0 Å². The fourth-order valence-corrected chi connectivity index (χ4v) is 3.70. The van der Waals surface area contributed by atoms with Gasteiger partial charge in [0.2, 0.25) is 0 Å². The van der Waals surface area contributed by atoms with Gasteiger partial charge in [0.1, 0.15) is 0 Å². The molecule has 18 heavy (non-hydrogen) atoms. The highest BCUT2D eigenvalue weighted by Crippen LogP contribution is 2.28. The summed E-state index contributed by atoms with van der Waals surface area (Å²) >= 11 is 0. The zero-order valence-corrected chi connectivity index (χ0v) is 11.9. The number of hydrogen-bond donors (Lipinski definition) is 2. The summed E-state index contributed by atoms with van der Waals surface area (Å²) in [5.74, 6) is 0.844. The minimum Gasteiger partial charge on any atom is -0.395 e. The van der Waals surface area contributed by atoms with Crippen molar-refractivity contribution >= 4 is 0 Å². The standard InChI is InChI=1S/C15H30N2O/c1-2-13-10-14(16-8-9-18)12-17(11-13)15-6-4-3-5-7-15/h13-16,18H,2-12H2,1H3. The Morgan fingerprint density at radius 3 is 2.61 bits per heavy atom. The molecule has 2 fully saturated rings. The number of hydrogen-bond acceptors (Lipinski definition) is 3. The largest absolute Gasteiger partial charge is 0.395 e. The Balaban J connectivity index is 1.87. The summed E-state index contributed by atoms with van der Waals surface area (Å²) < 4.78 is 0. The van der Waals surface area contributed by atoms with Crippen molar-refractivity contribution in [1.82, 2.24) is 10.2 Å². The van der Waals surface area contributed by atoms with Gasteiger partial charge in [-0.05, 0) is 25.2 Å². The Labute approximate surface area is 112 Å². The van der Waals surface area contributed by atoms with Crippen LogP contribution < -0.4 is 5.32 Å². The Morgan fingerprint density at radius 1 is 1.17 bits per heavy atom. The van der Waals surface area contributed by atoms with Gasteiger partial charge in [0.25, 0.3) is 0 Å². The minimum atomic E-state index is 0.261. The van der Waals surface area contributed by atoms with Gasteiger partial charge in [-0.25, -0.2) is 0 Å². The van der Waals surface area contributed by atoms with E-state index in [1.54, 1.807) is 0 Å². The quantitative estimate of drug-likeness (QED) is 0.788. The average molecular weight is 254 g/mol. The van der Waals surface area contributed by atoms with Crippen molar-refractivity contribution in [3.05, 3.63) is 0 Å². The maximum Gasteiger partial charge on any atom is 0.0556 e. The van der Waals surface area contributed by atoms with Crippen LogP contribution in [0.3, 0.4) is 0 Å². The van der Waals surface area contributed by atoms with E-state index in [-0.39, 0.29) is 6.61 Å². The third-order valence-corrected chi connectivity index (χ3v) is 4.78. The van der Waals surface area contributed by atoms with E-state index in [0.29, 0.717) is 6.04 Å². The van der Waals surface area contributed by atoms with E-state index in [4.69, 9.17) is 5.11 Å². The summed E-state index contributed by atoms with van der Waals surface area (Å²) in [7, 11) is 0. The molecule has 2 aliphatic rings. The highest BCUT2D eigenvalue weighted by molar-refractivity contribution is 4.87. The van der Waals surface area contributed by atoms with E-state index >= 15 is 0 Å². The van der Waals surface area contributed by atoms with Crippen molar-refractivity contribution in [3.63, 3.8) is 0 Å². The predicted molar refractivity (Wildman–Crippen MR) is 75.7 cm³/mol. The van der Waals surface area contributed by atoms with E-state index in [9.17, 15) is 0 Å². The lowest BCUT2D eigenvalue weighted by Gasteiger charge is -2.43. The molecule has 3 heteroatoms. The number of aliphatic hydroxyl groups excluding tert-OH is 1. The fraction of sp³-hybridized carbons (Fsp3) is 1.00. The summed E-state index contributed by atoms with van der Waals surface area (Å²) in [6, 6.07) is 1.43. The Hall–Kier alpha value is -0.120. The van der Waals surface area contributed by atoms with Crippen LogP contribution in [0.1, 0.15) is 51.9 Å². The lowest BCUT2D eigenvalue weighted by Crippen LogP contribution is -2.53. The molecule has 2 N–H and O–H groups in total. The molecule has 2 unspecified atom stereocenters. The molecule has 0 aromatic rings. The molecule has 0 aromatic heterocycles. The molecule has 2 rings (SSSR count). The van der Waals surface area contributed by atoms with Crippen LogP contribution in [-0.2, 0) is 0 Å². The van der Waals surface area contributed by atoms with Crippen LogP contribution in [0, 0.1) is 5.92 Å². The van der Waals surface area contributed by atoms with Crippen LogP contribution in [0.2, 0.25) is 0 Å². The van der Waals surface area contributed by atoms with Gasteiger partial charge in [0, 0.05) is 31.7 Å². The summed E-state index contributed by atoms with van der Waals surface area (Å²) in [6.07, 6.45) is 9.68. The zero-order chi connectivity index (χ0) is 12.8. The molecule has 0 spiro atoms. The Bertz CT molecular complexity index is 229. The zero-order valence-electron chi connectivity index (χ0n) is 11.9. The first-order valence-electron chi connectivity index (χ1n) is 7.91. The van der Waals surface area contributed by atoms with Crippen molar-refractivity contribution in [2.45, 2.75) is 64.0 Å². The molecule has 0 bridgehead atoms. The van der Waals surface area contributed by atoms with Gasteiger partial charge in [-0.15, -0.1) is 0 Å². The van der Waals surface area contributed by atoms with E-state index in [1.165, 1.54) is 58.0 Å². The molecule has 0 radical (unpaired) electrons. The first-order chi connectivity index (χ1) is 8.83. The molecule has 1 saturated carbocycles. The highest BCUT2D eigenvalue weighted by atomic mass is 16.3. The molecule has 2 atom stereocenters. The second-order valence-corrected chi connectivity index (χ2v) is 6.13. The second-order valence-electron chi connectivity index (χ2n) is 6.13. The molecule has 106 valence electrons. The topological polar surface area (TPSA) is 35.5 Å². The first kappa shape index (κ1) is 14.3. The molecular formula is C15H30N2O. The van der Waals surface area contributed by atoms with Crippen molar-refractivity contribution in [3.8, 4) is 0 Å². The van der Waals surface area contributed by atoms with Gasteiger partial charge in [-0.3, -0.25) is 4.90 Å². The number of rotatable bonds is 5. The normalized spacial score (nSPS) is 31.7. The number of likely N-dealkylation sites (tertiary alicyclic amines) is 1. The van der Waals surface area contributed by atoms with Crippen LogP contribution in [-0.4, -0.2) is 48.3 Å². The van der Waals surface area contributed by atoms with Gasteiger partial charge >= 0.3 is 0 Å². The predicted octanol–water partition coefficient (Wildman–Crippen LogP) is 2.00. The molecule has 1 aliphatic carbocycles. The van der Waals surface area contributed by atoms with Crippen molar-refractivity contribution in [2.75, 3.05) is 26.2 Å². The molecule has 3 nitrogen and oxygen atoms in total. The lowest BCUT2D eigenvalue weighted by molar-refractivity contribution is 0.0748. The third kappa shape index (κ3) is 3.94. The Morgan fingerprint density at radius 2 is 1.94 bits per heavy atom. The van der Waals surface area contributed by atoms with Crippen LogP contribution in [0.25, 0.3) is 0 Å². The van der Waals surface area contributed by atoms with Gasteiger partial charge in [0.15, 0.2) is 0 Å². The number of piperidine rings is 1. The van der Waals surface area contributed by atoms with Crippen LogP contribution in [0.4, 0.5) is 0 Å². The Kier molecular flexibility index (Phi) is 5.93. The highest BCUT2D eigenvalue weighted by Gasteiger charge is 2.30. The number of aliphatic hydroxyl groups is 1. The van der Waals surface area contributed by atoms with Gasteiger partial charge in [-0.2, -0.15) is 0 Å². The minimum absolute atomic E-state index is 0.261. The van der Waals surface area contributed by atoms with Crippen molar-refractivity contribution in [2.24, 2.45) is 5.92 Å². The third-order valence-electron chi connectivity index (χ3n) is 4.78. The fourth-order valence-electron chi connectivity index (χ4n) is 3.70. The molecular weight excluding hydrogens is 224 g/mol. The SMILES string of the molecule is CCC1CC(NCCO)CN(C2CCCCC2)C1. The number of nitrogens with one attached hydrogen (secondary N) is 1.